The average molecular weight is 403 g/mol. The molecule has 4 amide bonds. The van der Waals surface area contributed by atoms with E-state index < -0.39 is 17.8 Å². The standard InChI is InChI=1S/C18H15BrN2O4/c1-10(2)11-3-5-12(6-4-11)21-17(23)14(16(22)20-18(21)24)9-13-7-8-15(19)25-13/h3-10H,1-2H3,(H,20,22,24). The number of hydrogen-bond acceptors (Lipinski definition) is 4. The van der Waals surface area contributed by atoms with Crippen molar-refractivity contribution in [1.82, 2.24) is 5.32 Å². The number of carbonyl (C=O) groups excluding carboxylic acids is 3. The highest BCUT2D eigenvalue weighted by Gasteiger charge is 2.37. The van der Waals surface area contributed by atoms with Crippen molar-refractivity contribution in [3.63, 3.8) is 0 Å². The minimum atomic E-state index is -0.773. The molecule has 0 radical (unpaired) electrons. The van der Waals surface area contributed by atoms with Gasteiger partial charge in [0.25, 0.3) is 11.8 Å². The van der Waals surface area contributed by atoms with Crippen LogP contribution in [-0.2, 0) is 9.59 Å². The number of furan rings is 1. The Balaban J connectivity index is 1.96. The van der Waals surface area contributed by atoms with Gasteiger partial charge in [-0.2, -0.15) is 0 Å². The van der Waals surface area contributed by atoms with E-state index in [1.54, 1.807) is 24.3 Å². The molecule has 1 aliphatic rings. The summed E-state index contributed by atoms with van der Waals surface area (Å²) in [5.74, 6) is -0.791. The first-order valence-electron chi connectivity index (χ1n) is 7.63. The molecule has 1 aromatic carbocycles. The van der Waals surface area contributed by atoms with Crippen molar-refractivity contribution < 1.29 is 18.8 Å². The number of rotatable bonds is 3. The van der Waals surface area contributed by atoms with Gasteiger partial charge >= 0.3 is 6.03 Å². The largest absolute Gasteiger partial charge is 0.450 e. The summed E-state index contributed by atoms with van der Waals surface area (Å²) in [5.41, 5.74) is 1.31. The molecule has 1 aromatic heterocycles. The van der Waals surface area contributed by atoms with Gasteiger partial charge in [-0.15, -0.1) is 0 Å². The highest BCUT2D eigenvalue weighted by Crippen LogP contribution is 2.25. The number of hydrogen-bond donors (Lipinski definition) is 1. The maximum Gasteiger partial charge on any atom is 0.335 e. The molecule has 3 rings (SSSR count). The van der Waals surface area contributed by atoms with Crippen LogP contribution in [0.2, 0.25) is 0 Å². The van der Waals surface area contributed by atoms with E-state index in [0.29, 0.717) is 22.0 Å². The van der Waals surface area contributed by atoms with Crippen molar-refractivity contribution >= 4 is 45.5 Å². The lowest BCUT2D eigenvalue weighted by Gasteiger charge is -2.26. The third-order valence-electron chi connectivity index (χ3n) is 3.80. The van der Waals surface area contributed by atoms with E-state index in [-0.39, 0.29) is 5.57 Å². The first kappa shape index (κ1) is 17.2. The van der Waals surface area contributed by atoms with E-state index in [9.17, 15) is 14.4 Å². The Hall–Kier alpha value is -2.67. The number of benzene rings is 1. The van der Waals surface area contributed by atoms with Gasteiger partial charge in [-0.3, -0.25) is 14.9 Å². The quantitative estimate of drug-likeness (QED) is 0.624. The van der Waals surface area contributed by atoms with Crippen LogP contribution in [-0.4, -0.2) is 17.8 Å². The van der Waals surface area contributed by atoms with Gasteiger partial charge in [0.1, 0.15) is 11.3 Å². The molecule has 0 unspecified atom stereocenters. The molecule has 1 saturated heterocycles. The zero-order chi connectivity index (χ0) is 18.1. The first-order chi connectivity index (χ1) is 11.9. The number of barbiturate groups is 1. The van der Waals surface area contributed by atoms with Crippen LogP contribution in [0.15, 0.2) is 51.1 Å². The normalized spacial score (nSPS) is 16.7. The molecule has 128 valence electrons. The van der Waals surface area contributed by atoms with Crippen LogP contribution < -0.4 is 10.2 Å². The molecule has 0 spiro atoms. The SMILES string of the molecule is CC(C)c1ccc(N2C(=O)NC(=O)C(=Cc3ccc(Br)o3)C2=O)cc1. The smallest absolute Gasteiger partial charge is 0.335 e. The van der Waals surface area contributed by atoms with Gasteiger partial charge in [-0.25, -0.2) is 9.69 Å². The lowest BCUT2D eigenvalue weighted by atomic mass is 10.0. The van der Waals surface area contributed by atoms with E-state index in [1.165, 1.54) is 6.08 Å². The van der Waals surface area contributed by atoms with Gasteiger partial charge in [0, 0.05) is 0 Å². The fourth-order valence-corrected chi connectivity index (χ4v) is 2.77. The van der Waals surface area contributed by atoms with E-state index in [2.05, 4.69) is 35.1 Å². The Kier molecular flexibility index (Phi) is 4.59. The summed E-state index contributed by atoms with van der Waals surface area (Å²) in [6, 6.07) is 9.55. The van der Waals surface area contributed by atoms with Gasteiger partial charge in [0.2, 0.25) is 0 Å². The topological polar surface area (TPSA) is 79.6 Å². The molecule has 0 aliphatic carbocycles. The third-order valence-corrected chi connectivity index (χ3v) is 4.23. The van der Waals surface area contributed by atoms with E-state index in [1.807, 2.05) is 12.1 Å². The molecular formula is C18H15BrN2O4. The van der Waals surface area contributed by atoms with Crippen LogP contribution in [0.1, 0.15) is 31.1 Å². The van der Waals surface area contributed by atoms with Gasteiger partial charge < -0.3 is 4.42 Å². The summed E-state index contributed by atoms with van der Waals surface area (Å²) < 4.78 is 5.77. The molecule has 0 bridgehead atoms. The summed E-state index contributed by atoms with van der Waals surface area (Å²) in [6.07, 6.45) is 1.31. The van der Waals surface area contributed by atoms with Crippen molar-refractivity contribution in [2.45, 2.75) is 19.8 Å². The minimum absolute atomic E-state index is 0.172. The monoisotopic (exact) mass is 402 g/mol. The molecule has 0 atom stereocenters. The van der Waals surface area contributed by atoms with Gasteiger partial charge in [-0.1, -0.05) is 26.0 Å². The zero-order valence-corrected chi connectivity index (χ0v) is 15.2. The molecule has 7 heteroatoms. The van der Waals surface area contributed by atoms with Crippen molar-refractivity contribution in [3.8, 4) is 0 Å². The fraction of sp³-hybridized carbons (Fsp3) is 0.167. The number of imide groups is 2. The Labute approximate surface area is 152 Å². The van der Waals surface area contributed by atoms with Crippen LogP contribution in [0.4, 0.5) is 10.5 Å². The second-order valence-corrected chi connectivity index (χ2v) is 6.63. The molecule has 2 aromatic rings. The lowest BCUT2D eigenvalue weighted by Crippen LogP contribution is -2.54. The highest BCUT2D eigenvalue weighted by atomic mass is 79.9. The molecule has 1 fully saturated rings. The van der Waals surface area contributed by atoms with E-state index in [4.69, 9.17) is 4.42 Å². The number of anilines is 1. The molecular weight excluding hydrogens is 388 g/mol. The molecule has 6 nitrogen and oxygen atoms in total. The Morgan fingerprint density at radius 2 is 1.76 bits per heavy atom. The second kappa shape index (κ2) is 6.68. The number of urea groups is 1. The molecule has 2 heterocycles. The molecule has 1 aliphatic heterocycles. The molecule has 1 N–H and O–H groups in total. The second-order valence-electron chi connectivity index (χ2n) is 5.85. The van der Waals surface area contributed by atoms with Crippen molar-refractivity contribution in [2.24, 2.45) is 0 Å². The van der Waals surface area contributed by atoms with Crippen LogP contribution in [0.3, 0.4) is 0 Å². The summed E-state index contributed by atoms with van der Waals surface area (Å²) in [6.45, 7) is 4.10. The number of carbonyl (C=O) groups is 3. The number of halogens is 1. The minimum Gasteiger partial charge on any atom is -0.450 e. The third kappa shape index (κ3) is 3.41. The Bertz CT molecular complexity index is 881. The number of amides is 4. The van der Waals surface area contributed by atoms with Crippen LogP contribution >= 0.6 is 15.9 Å². The van der Waals surface area contributed by atoms with Crippen LogP contribution in [0.5, 0.6) is 0 Å². The zero-order valence-electron chi connectivity index (χ0n) is 13.6. The summed E-state index contributed by atoms with van der Waals surface area (Å²) >= 11 is 3.16. The maximum absolute atomic E-state index is 12.7. The average Bonchev–Trinajstić information content (AvgIpc) is 2.97. The van der Waals surface area contributed by atoms with Crippen LogP contribution in [0.25, 0.3) is 6.08 Å². The van der Waals surface area contributed by atoms with E-state index in [0.717, 1.165) is 10.5 Å². The molecule has 25 heavy (non-hydrogen) atoms. The first-order valence-corrected chi connectivity index (χ1v) is 8.43. The fourth-order valence-electron chi connectivity index (χ4n) is 2.45. The summed E-state index contributed by atoms with van der Waals surface area (Å²) in [4.78, 5) is 37.8. The summed E-state index contributed by atoms with van der Waals surface area (Å²) in [7, 11) is 0. The Morgan fingerprint density at radius 1 is 1.08 bits per heavy atom. The maximum atomic E-state index is 12.7. The van der Waals surface area contributed by atoms with Gasteiger partial charge in [0.05, 0.1) is 5.69 Å². The lowest BCUT2D eigenvalue weighted by molar-refractivity contribution is -0.122. The summed E-state index contributed by atoms with van der Waals surface area (Å²) in [5, 5.41) is 2.18. The Morgan fingerprint density at radius 3 is 2.32 bits per heavy atom. The predicted octanol–water partition coefficient (Wildman–Crippen LogP) is 3.83. The van der Waals surface area contributed by atoms with Gasteiger partial charge in [-0.05, 0) is 57.8 Å². The highest BCUT2D eigenvalue weighted by molar-refractivity contribution is 9.10. The number of nitrogens with one attached hydrogen (secondary N) is 1. The predicted molar refractivity (Wildman–Crippen MR) is 95.9 cm³/mol. The number of nitrogens with zero attached hydrogens (tertiary/aromatic N) is 1. The van der Waals surface area contributed by atoms with Gasteiger partial charge in [0.15, 0.2) is 4.67 Å². The van der Waals surface area contributed by atoms with Crippen LogP contribution in [0, 0.1) is 0 Å². The van der Waals surface area contributed by atoms with Crippen molar-refractivity contribution in [1.29, 1.82) is 0 Å². The van der Waals surface area contributed by atoms with Crippen molar-refractivity contribution in [3.05, 3.63) is 58.0 Å². The molecule has 0 saturated carbocycles. The van der Waals surface area contributed by atoms with E-state index >= 15 is 0 Å². The van der Waals surface area contributed by atoms with Crippen molar-refractivity contribution in [2.75, 3.05) is 4.90 Å².